The molecule has 2 aromatic rings. The van der Waals surface area contributed by atoms with Gasteiger partial charge in [0.05, 0.1) is 19.2 Å². The van der Waals surface area contributed by atoms with Crippen LogP contribution in [-0.2, 0) is 11.3 Å². The molecule has 4 nitrogen and oxygen atoms in total. The van der Waals surface area contributed by atoms with Crippen LogP contribution in [0.3, 0.4) is 0 Å². The fourth-order valence-corrected chi connectivity index (χ4v) is 3.71. The zero-order valence-electron chi connectivity index (χ0n) is 15.9. The summed E-state index contributed by atoms with van der Waals surface area (Å²) in [5, 5.41) is 3.20. The van der Waals surface area contributed by atoms with E-state index in [-0.39, 0.29) is 18.0 Å². The number of rotatable bonds is 6. The summed E-state index contributed by atoms with van der Waals surface area (Å²) in [5.74, 6) is 0.922. The van der Waals surface area contributed by atoms with Crippen molar-refractivity contribution in [3.8, 4) is 5.75 Å². The number of ether oxygens (including phenoxy) is 1. The van der Waals surface area contributed by atoms with Gasteiger partial charge in [-0.2, -0.15) is 0 Å². The summed E-state index contributed by atoms with van der Waals surface area (Å²) >= 11 is 0. The Bertz CT molecular complexity index is 745. The number of nitrogens with zero attached hydrogens (tertiary/aromatic N) is 1. The van der Waals surface area contributed by atoms with Gasteiger partial charge in [0.15, 0.2) is 0 Å². The number of aryl methyl sites for hydroxylation is 1. The van der Waals surface area contributed by atoms with Crippen LogP contribution in [0.2, 0.25) is 0 Å². The van der Waals surface area contributed by atoms with Crippen LogP contribution in [0.25, 0.3) is 0 Å². The third-order valence-electron chi connectivity index (χ3n) is 5.11. The number of hydrogen-bond acceptors (Lipinski definition) is 3. The molecule has 0 spiro atoms. The van der Waals surface area contributed by atoms with Crippen LogP contribution in [0.15, 0.2) is 48.5 Å². The zero-order chi connectivity index (χ0) is 18.5. The molecule has 2 atom stereocenters. The predicted octanol–water partition coefficient (Wildman–Crippen LogP) is 3.85. The van der Waals surface area contributed by atoms with E-state index >= 15 is 0 Å². The van der Waals surface area contributed by atoms with E-state index in [1.807, 2.05) is 37.3 Å². The van der Waals surface area contributed by atoms with Gasteiger partial charge in [-0.1, -0.05) is 48.0 Å². The van der Waals surface area contributed by atoms with Crippen molar-refractivity contribution in [3.05, 3.63) is 65.2 Å². The highest BCUT2D eigenvalue weighted by atomic mass is 16.5. The molecule has 1 heterocycles. The Kier molecular flexibility index (Phi) is 5.94. The Morgan fingerprint density at radius 2 is 2.04 bits per heavy atom. The summed E-state index contributed by atoms with van der Waals surface area (Å²) in [6.07, 6.45) is 1.98. The molecular weight excluding hydrogens is 324 g/mol. The maximum absolute atomic E-state index is 12.9. The topological polar surface area (TPSA) is 41.6 Å². The van der Waals surface area contributed by atoms with Crippen molar-refractivity contribution in [3.63, 3.8) is 0 Å². The molecule has 26 heavy (non-hydrogen) atoms. The molecule has 138 valence electrons. The number of carbonyl (C=O) groups is 1. The maximum Gasteiger partial charge on any atom is 0.237 e. The summed E-state index contributed by atoms with van der Waals surface area (Å²) < 4.78 is 5.47. The Labute approximate surface area is 156 Å². The molecule has 2 unspecified atom stereocenters. The lowest BCUT2D eigenvalue weighted by Crippen LogP contribution is -2.43. The smallest absolute Gasteiger partial charge is 0.237 e. The van der Waals surface area contributed by atoms with E-state index in [9.17, 15) is 4.79 Å². The molecule has 0 aromatic heterocycles. The van der Waals surface area contributed by atoms with Gasteiger partial charge in [-0.25, -0.2) is 0 Å². The SMILES string of the molecule is COc1ccc(C)cc1C(C)NC(=O)C1CCCN1Cc1ccccc1. The van der Waals surface area contributed by atoms with E-state index in [1.54, 1.807) is 7.11 Å². The summed E-state index contributed by atoms with van der Waals surface area (Å²) in [6, 6.07) is 16.3. The highest BCUT2D eigenvalue weighted by Crippen LogP contribution is 2.27. The molecular formula is C22H28N2O2. The molecule has 0 bridgehead atoms. The summed E-state index contributed by atoms with van der Waals surface area (Å²) in [4.78, 5) is 15.2. The van der Waals surface area contributed by atoms with Crippen molar-refractivity contribution in [1.29, 1.82) is 0 Å². The van der Waals surface area contributed by atoms with E-state index in [2.05, 4.69) is 35.3 Å². The van der Waals surface area contributed by atoms with Gasteiger partial charge in [0.25, 0.3) is 0 Å². The highest BCUT2D eigenvalue weighted by Gasteiger charge is 2.31. The van der Waals surface area contributed by atoms with Gasteiger partial charge in [0, 0.05) is 12.1 Å². The number of hydrogen-bond donors (Lipinski definition) is 1. The summed E-state index contributed by atoms with van der Waals surface area (Å²) in [7, 11) is 1.67. The fourth-order valence-electron chi connectivity index (χ4n) is 3.71. The van der Waals surface area contributed by atoms with E-state index in [4.69, 9.17) is 4.74 Å². The van der Waals surface area contributed by atoms with Gasteiger partial charge < -0.3 is 10.1 Å². The van der Waals surface area contributed by atoms with Gasteiger partial charge in [-0.3, -0.25) is 9.69 Å². The number of nitrogens with one attached hydrogen (secondary N) is 1. The van der Waals surface area contributed by atoms with E-state index in [0.29, 0.717) is 0 Å². The molecule has 1 fully saturated rings. The lowest BCUT2D eigenvalue weighted by Gasteiger charge is -2.26. The maximum atomic E-state index is 12.9. The van der Waals surface area contributed by atoms with Crippen LogP contribution in [0, 0.1) is 6.92 Å². The fraction of sp³-hybridized carbons (Fsp3) is 0.409. The molecule has 1 saturated heterocycles. The van der Waals surface area contributed by atoms with Crippen LogP contribution in [-0.4, -0.2) is 30.5 Å². The molecule has 0 saturated carbocycles. The Morgan fingerprint density at radius 3 is 2.77 bits per heavy atom. The van der Waals surface area contributed by atoms with Gasteiger partial charge >= 0.3 is 0 Å². The number of likely N-dealkylation sites (tertiary alicyclic amines) is 1. The lowest BCUT2D eigenvalue weighted by molar-refractivity contribution is -0.126. The molecule has 4 heteroatoms. The molecule has 1 amide bonds. The first-order valence-corrected chi connectivity index (χ1v) is 9.31. The van der Waals surface area contributed by atoms with Crippen LogP contribution >= 0.6 is 0 Å². The number of benzene rings is 2. The van der Waals surface area contributed by atoms with E-state index in [0.717, 1.165) is 42.8 Å². The van der Waals surface area contributed by atoms with Gasteiger partial charge in [0.1, 0.15) is 5.75 Å². The van der Waals surface area contributed by atoms with E-state index in [1.165, 1.54) is 5.56 Å². The number of carbonyl (C=O) groups excluding carboxylic acids is 1. The Hall–Kier alpha value is -2.33. The third-order valence-corrected chi connectivity index (χ3v) is 5.11. The van der Waals surface area contributed by atoms with Crippen molar-refractivity contribution < 1.29 is 9.53 Å². The minimum absolute atomic E-state index is 0.0616. The Morgan fingerprint density at radius 1 is 1.27 bits per heavy atom. The number of methoxy groups -OCH3 is 1. The summed E-state index contributed by atoms with van der Waals surface area (Å²) in [6.45, 7) is 5.86. The van der Waals surface area contributed by atoms with Crippen LogP contribution in [0.1, 0.15) is 42.5 Å². The monoisotopic (exact) mass is 352 g/mol. The predicted molar refractivity (Wildman–Crippen MR) is 104 cm³/mol. The largest absolute Gasteiger partial charge is 0.496 e. The quantitative estimate of drug-likeness (QED) is 0.859. The summed E-state index contributed by atoms with van der Waals surface area (Å²) in [5.41, 5.74) is 3.43. The second kappa shape index (κ2) is 8.37. The van der Waals surface area contributed by atoms with E-state index < -0.39 is 0 Å². The Balaban J connectivity index is 1.68. The van der Waals surface area contributed by atoms with Crippen molar-refractivity contribution in [1.82, 2.24) is 10.2 Å². The minimum Gasteiger partial charge on any atom is -0.496 e. The number of amides is 1. The molecule has 0 aliphatic carbocycles. The highest BCUT2D eigenvalue weighted by molar-refractivity contribution is 5.82. The third kappa shape index (κ3) is 4.25. The van der Waals surface area contributed by atoms with Crippen molar-refractivity contribution in [2.24, 2.45) is 0 Å². The molecule has 1 aliphatic heterocycles. The average Bonchev–Trinajstić information content (AvgIpc) is 3.10. The molecule has 3 rings (SSSR count). The van der Waals surface area contributed by atoms with Crippen LogP contribution in [0.5, 0.6) is 5.75 Å². The zero-order valence-corrected chi connectivity index (χ0v) is 15.9. The first-order chi connectivity index (χ1) is 12.6. The van der Waals surface area contributed by atoms with Gasteiger partial charge in [-0.05, 0) is 44.9 Å². The van der Waals surface area contributed by atoms with Gasteiger partial charge in [0.2, 0.25) is 5.91 Å². The van der Waals surface area contributed by atoms with Crippen LogP contribution in [0.4, 0.5) is 0 Å². The van der Waals surface area contributed by atoms with Gasteiger partial charge in [-0.15, -0.1) is 0 Å². The first kappa shape index (κ1) is 18.5. The van der Waals surface area contributed by atoms with Crippen LogP contribution < -0.4 is 10.1 Å². The van der Waals surface area contributed by atoms with Crippen molar-refractivity contribution in [2.75, 3.05) is 13.7 Å². The molecule has 1 aliphatic rings. The molecule has 2 aromatic carbocycles. The molecule has 1 N–H and O–H groups in total. The first-order valence-electron chi connectivity index (χ1n) is 9.31. The lowest BCUT2D eigenvalue weighted by atomic mass is 10.0. The normalized spacial score (nSPS) is 18.5. The average molecular weight is 352 g/mol. The molecule has 0 radical (unpaired) electrons. The second-order valence-corrected chi connectivity index (χ2v) is 7.09. The minimum atomic E-state index is -0.0866. The second-order valence-electron chi connectivity index (χ2n) is 7.09. The van der Waals surface area contributed by atoms with Crippen molar-refractivity contribution >= 4 is 5.91 Å². The standard InChI is InChI=1S/C22H28N2O2/c1-16-11-12-21(26-3)19(14-16)17(2)23-22(25)20-10-7-13-24(20)15-18-8-5-4-6-9-18/h4-6,8-9,11-12,14,17,20H,7,10,13,15H2,1-3H3,(H,23,25). The van der Waals surface area contributed by atoms with Crippen molar-refractivity contribution in [2.45, 2.75) is 45.3 Å².